The minimum absolute atomic E-state index is 0.0407. The molecule has 2 aliphatic rings. The molecule has 0 aromatic rings. The van der Waals surface area contributed by atoms with Gasteiger partial charge in [0.25, 0.3) is 0 Å². The molecule has 130 valence electrons. The first-order chi connectivity index (χ1) is 10.5. The Morgan fingerprint density at radius 2 is 1.50 bits per heavy atom. The predicted molar refractivity (Wildman–Crippen MR) is 68.9 cm³/mol. The zero-order valence-electron chi connectivity index (χ0n) is 11.9. The molecule has 0 amide bonds. The summed E-state index contributed by atoms with van der Waals surface area (Å²) in [5, 5.41) is 47.9. The molecule has 0 aromatic carbocycles. The maximum atomic E-state index is 10.1. The van der Waals surface area contributed by atoms with Crippen molar-refractivity contribution >= 4 is 0 Å². The molecule has 0 saturated carbocycles. The lowest BCUT2D eigenvalue weighted by Crippen LogP contribution is -2.56. The molecule has 10 nitrogen and oxygen atoms in total. The van der Waals surface area contributed by atoms with Crippen LogP contribution in [0.3, 0.4) is 0 Å². The molecule has 0 bridgehead atoms. The minimum atomic E-state index is -1.22. The van der Waals surface area contributed by atoms with Gasteiger partial charge in [-0.15, -0.1) is 0 Å². The van der Waals surface area contributed by atoms with Crippen molar-refractivity contribution in [3.63, 3.8) is 0 Å². The zero-order chi connectivity index (χ0) is 16.3. The minimum Gasteiger partial charge on any atom is -0.394 e. The molecule has 7 N–H and O–H groups in total. The Morgan fingerprint density at radius 1 is 0.909 bits per heavy atom. The van der Waals surface area contributed by atoms with Crippen molar-refractivity contribution in [2.45, 2.75) is 62.0 Å². The van der Waals surface area contributed by atoms with Gasteiger partial charge in [-0.05, 0) is 0 Å². The predicted octanol–water partition coefficient (Wildman–Crippen LogP) is -3.44. The Morgan fingerprint density at radius 3 is 2.09 bits per heavy atom. The summed E-state index contributed by atoms with van der Waals surface area (Å²) in [5.41, 5.74) is 0. The molecule has 2 saturated heterocycles. The molecule has 0 radical (unpaired) electrons. The van der Waals surface area contributed by atoms with E-state index in [2.05, 4.69) is 4.84 Å². The highest BCUT2D eigenvalue weighted by molar-refractivity contribution is 4.87. The molecule has 8 atom stereocenters. The summed E-state index contributed by atoms with van der Waals surface area (Å²) in [6, 6.07) is 0. The number of aliphatic hydroxyl groups excluding tert-OH is 5. The van der Waals surface area contributed by atoms with E-state index in [4.69, 9.17) is 25.2 Å². The number of nitrogens with two attached hydrogens (primary N) is 1. The average Bonchev–Trinajstić information content (AvgIpc) is 2.52. The van der Waals surface area contributed by atoms with Crippen LogP contribution in [0.25, 0.3) is 0 Å². The molecule has 0 spiro atoms. The number of hydrogen-bond donors (Lipinski definition) is 6. The fraction of sp³-hybridized carbons (Fsp3) is 1.00. The quantitative estimate of drug-likeness (QED) is 0.280. The van der Waals surface area contributed by atoms with Crippen LogP contribution in [0.5, 0.6) is 0 Å². The highest BCUT2D eigenvalue weighted by atomic mass is 16.8. The van der Waals surface area contributed by atoms with Gasteiger partial charge in [0.1, 0.15) is 24.4 Å². The van der Waals surface area contributed by atoms with Gasteiger partial charge in [-0.2, -0.15) is 0 Å². The first kappa shape index (κ1) is 17.9. The second-order valence-electron chi connectivity index (χ2n) is 5.41. The molecular formula is C12H23NO9. The number of ether oxygens (including phenoxy) is 3. The van der Waals surface area contributed by atoms with E-state index in [1.165, 1.54) is 0 Å². The van der Waals surface area contributed by atoms with Gasteiger partial charge in [-0.1, -0.05) is 0 Å². The van der Waals surface area contributed by atoms with Gasteiger partial charge in [0.15, 0.2) is 12.6 Å². The standard InChI is InChI=1S/C12H23NO9/c13-22-10-2-6(17)12(8(4-15)20-10)21-9-1-5(16)11(18)7(3-14)19-9/h5-12,14-18H,1-4,13H2/t5-,6?,7?,8?,9-,10-,11?,12+/m1/s1. The lowest BCUT2D eigenvalue weighted by atomic mass is 10.00. The lowest BCUT2D eigenvalue weighted by Gasteiger charge is -2.42. The van der Waals surface area contributed by atoms with Crippen molar-refractivity contribution < 1.29 is 44.6 Å². The van der Waals surface area contributed by atoms with E-state index in [-0.39, 0.29) is 12.8 Å². The lowest BCUT2D eigenvalue weighted by molar-refractivity contribution is -0.321. The highest BCUT2D eigenvalue weighted by Gasteiger charge is 2.43. The Hall–Kier alpha value is -0.400. The van der Waals surface area contributed by atoms with E-state index in [1.54, 1.807) is 0 Å². The van der Waals surface area contributed by atoms with Gasteiger partial charge in [-0.25, -0.2) is 5.90 Å². The van der Waals surface area contributed by atoms with E-state index in [1.807, 2.05) is 0 Å². The monoisotopic (exact) mass is 325 g/mol. The molecule has 10 heteroatoms. The maximum Gasteiger partial charge on any atom is 0.180 e. The fourth-order valence-electron chi connectivity index (χ4n) is 2.65. The second kappa shape index (κ2) is 7.93. The number of aliphatic hydroxyl groups is 5. The molecule has 0 aromatic heterocycles. The van der Waals surface area contributed by atoms with Crippen LogP contribution in [0.2, 0.25) is 0 Å². The summed E-state index contributed by atoms with van der Waals surface area (Å²) in [6.07, 6.45) is -8.04. The SMILES string of the molecule is NO[C@@H]1CC(O)[C@H](O[C@@H]2C[C@@H](O)C(O)C(CO)O2)C(CO)O1. The van der Waals surface area contributed by atoms with Crippen molar-refractivity contribution in [2.75, 3.05) is 13.2 Å². The highest BCUT2D eigenvalue weighted by Crippen LogP contribution is 2.28. The molecule has 22 heavy (non-hydrogen) atoms. The van der Waals surface area contributed by atoms with Crippen LogP contribution in [0.4, 0.5) is 0 Å². The van der Waals surface area contributed by atoms with Gasteiger partial charge in [0.05, 0.1) is 25.4 Å². The number of rotatable bonds is 5. The second-order valence-corrected chi connectivity index (χ2v) is 5.41. The molecule has 4 unspecified atom stereocenters. The molecular weight excluding hydrogens is 302 g/mol. The Balaban J connectivity index is 1.99. The number of hydrogen-bond acceptors (Lipinski definition) is 10. The van der Waals surface area contributed by atoms with Crippen LogP contribution in [-0.2, 0) is 19.0 Å². The Bertz CT molecular complexity index is 347. The van der Waals surface area contributed by atoms with E-state index in [0.717, 1.165) is 0 Å². The Labute approximate surface area is 126 Å². The van der Waals surface area contributed by atoms with Crippen molar-refractivity contribution in [3.05, 3.63) is 0 Å². The van der Waals surface area contributed by atoms with Crippen LogP contribution < -0.4 is 5.90 Å². The summed E-state index contributed by atoms with van der Waals surface area (Å²) < 4.78 is 16.2. The topological polar surface area (TPSA) is 164 Å². The third kappa shape index (κ3) is 3.92. The summed E-state index contributed by atoms with van der Waals surface area (Å²) >= 11 is 0. The average molecular weight is 325 g/mol. The van der Waals surface area contributed by atoms with Gasteiger partial charge in [0, 0.05) is 12.8 Å². The van der Waals surface area contributed by atoms with E-state index in [9.17, 15) is 20.4 Å². The molecule has 2 fully saturated rings. The molecule has 2 aliphatic heterocycles. The van der Waals surface area contributed by atoms with E-state index < -0.39 is 62.4 Å². The molecule has 2 heterocycles. The van der Waals surface area contributed by atoms with Crippen LogP contribution >= 0.6 is 0 Å². The summed E-state index contributed by atoms with van der Waals surface area (Å²) in [6.45, 7) is -0.933. The molecule has 0 aliphatic carbocycles. The van der Waals surface area contributed by atoms with Gasteiger partial charge in [-0.3, -0.25) is 4.84 Å². The third-order valence-corrected chi connectivity index (χ3v) is 3.86. The maximum absolute atomic E-state index is 10.1. The van der Waals surface area contributed by atoms with Crippen molar-refractivity contribution in [1.82, 2.24) is 0 Å². The van der Waals surface area contributed by atoms with Gasteiger partial charge < -0.3 is 39.7 Å². The summed E-state index contributed by atoms with van der Waals surface area (Å²) in [7, 11) is 0. The van der Waals surface area contributed by atoms with E-state index in [0.29, 0.717) is 0 Å². The largest absolute Gasteiger partial charge is 0.394 e. The summed E-state index contributed by atoms with van der Waals surface area (Å²) in [5.74, 6) is 5.01. The van der Waals surface area contributed by atoms with Crippen molar-refractivity contribution in [3.8, 4) is 0 Å². The van der Waals surface area contributed by atoms with Gasteiger partial charge >= 0.3 is 0 Å². The first-order valence-electron chi connectivity index (χ1n) is 7.08. The normalized spacial score (nSPS) is 46.6. The van der Waals surface area contributed by atoms with Crippen LogP contribution in [0.1, 0.15) is 12.8 Å². The first-order valence-corrected chi connectivity index (χ1v) is 7.08. The Kier molecular flexibility index (Phi) is 6.46. The molecule has 2 rings (SSSR count). The fourth-order valence-corrected chi connectivity index (χ4v) is 2.65. The zero-order valence-corrected chi connectivity index (χ0v) is 11.9. The van der Waals surface area contributed by atoms with Crippen LogP contribution in [0, 0.1) is 0 Å². The van der Waals surface area contributed by atoms with Gasteiger partial charge in [0.2, 0.25) is 0 Å². The third-order valence-electron chi connectivity index (χ3n) is 3.86. The van der Waals surface area contributed by atoms with E-state index >= 15 is 0 Å². The van der Waals surface area contributed by atoms with Crippen LogP contribution in [-0.4, -0.2) is 88.0 Å². The van der Waals surface area contributed by atoms with Crippen molar-refractivity contribution in [2.24, 2.45) is 5.90 Å². The van der Waals surface area contributed by atoms with Crippen LogP contribution in [0.15, 0.2) is 0 Å². The van der Waals surface area contributed by atoms with Crippen molar-refractivity contribution in [1.29, 1.82) is 0 Å². The summed E-state index contributed by atoms with van der Waals surface area (Å²) in [4.78, 5) is 4.51. The smallest absolute Gasteiger partial charge is 0.180 e.